The Morgan fingerprint density at radius 3 is 2.53 bits per heavy atom. The number of rotatable bonds is 1. The van der Waals surface area contributed by atoms with Gasteiger partial charge < -0.3 is 5.11 Å². The average molecular weight is 251 g/mol. The van der Waals surface area contributed by atoms with Crippen LogP contribution in [0, 0.1) is 0 Å². The zero-order chi connectivity index (χ0) is 11.1. The molecule has 15 heavy (non-hydrogen) atoms. The fourth-order valence-corrected chi connectivity index (χ4v) is 2.91. The molecule has 0 spiro atoms. The van der Waals surface area contributed by atoms with Gasteiger partial charge in [0.2, 0.25) is 0 Å². The van der Waals surface area contributed by atoms with Crippen molar-refractivity contribution >= 4 is 22.9 Å². The molecule has 0 bridgehead atoms. The molecular formula is C10H9ClF2OS. The van der Waals surface area contributed by atoms with Crippen LogP contribution in [0.3, 0.4) is 0 Å². The van der Waals surface area contributed by atoms with Gasteiger partial charge in [0.15, 0.2) is 0 Å². The summed E-state index contributed by atoms with van der Waals surface area (Å²) < 4.78 is 25.7. The van der Waals surface area contributed by atoms with Crippen molar-refractivity contribution in [3.63, 3.8) is 0 Å². The predicted molar refractivity (Wildman–Crippen MR) is 56.5 cm³/mol. The summed E-state index contributed by atoms with van der Waals surface area (Å²) in [5, 5.41) is 12.3. The lowest BCUT2D eigenvalue weighted by Crippen LogP contribution is -2.31. The van der Waals surface area contributed by atoms with E-state index in [0.717, 1.165) is 12.2 Å². The zero-order valence-electron chi connectivity index (χ0n) is 7.71. The third-order valence-corrected chi connectivity index (χ3v) is 3.96. The smallest absolute Gasteiger partial charge is 0.266 e. The van der Waals surface area contributed by atoms with Crippen LogP contribution >= 0.6 is 22.9 Å². The molecule has 0 amide bonds. The minimum absolute atomic E-state index is 0.00324. The number of hydrogen-bond donors (Lipinski definition) is 1. The van der Waals surface area contributed by atoms with Crippen molar-refractivity contribution < 1.29 is 13.9 Å². The largest absolute Gasteiger partial charge is 0.380 e. The lowest BCUT2D eigenvalue weighted by Gasteiger charge is -2.30. The van der Waals surface area contributed by atoms with Gasteiger partial charge in [0.05, 0.1) is 9.90 Å². The highest BCUT2D eigenvalue weighted by molar-refractivity contribution is 7.10. The maximum atomic E-state index is 12.9. The van der Waals surface area contributed by atoms with Gasteiger partial charge in [0.1, 0.15) is 5.60 Å². The Kier molecular flexibility index (Phi) is 2.61. The second-order valence-corrected chi connectivity index (χ2v) is 4.94. The van der Waals surface area contributed by atoms with E-state index in [1.165, 1.54) is 11.3 Å². The third kappa shape index (κ3) is 2.07. The number of halogens is 3. The molecule has 0 fully saturated rings. The minimum Gasteiger partial charge on any atom is -0.380 e. The monoisotopic (exact) mass is 250 g/mol. The Morgan fingerprint density at radius 2 is 2.07 bits per heavy atom. The van der Waals surface area contributed by atoms with E-state index in [0.29, 0.717) is 9.90 Å². The Hall–Kier alpha value is -0.450. The maximum absolute atomic E-state index is 12.9. The van der Waals surface area contributed by atoms with Crippen LogP contribution in [0.25, 0.3) is 0 Å². The molecule has 0 saturated heterocycles. The lowest BCUT2D eigenvalue weighted by molar-refractivity contribution is -0.0122. The number of aliphatic hydroxyl groups is 1. The van der Waals surface area contributed by atoms with Gasteiger partial charge in [-0.1, -0.05) is 11.6 Å². The second-order valence-electron chi connectivity index (χ2n) is 3.62. The molecule has 0 aliphatic heterocycles. The summed E-state index contributed by atoms with van der Waals surface area (Å²) in [7, 11) is 0. The normalized spacial score (nSPS) is 29.3. The molecule has 5 heteroatoms. The quantitative estimate of drug-likeness (QED) is 0.756. The Labute approximate surface area is 95.0 Å². The summed E-state index contributed by atoms with van der Waals surface area (Å²) in [6.45, 7) is 0. The van der Waals surface area contributed by atoms with Gasteiger partial charge in [-0.2, -0.15) is 0 Å². The van der Waals surface area contributed by atoms with E-state index in [9.17, 15) is 13.9 Å². The summed E-state index contributed by atoms with van der Waals surface area (Å²) in [6.07, 6.45) is 1.55. The summed E-state index contributed by atoms with van der Waals surface area (Å²) in [5.74, 6) is -2.81. The highest BCUT2D eigenvalue weighted by atomic mass is 35.5. The summed E-state index contributed by atoms with van der Waals surface area (Å²) in [5.41, 5.74) is -1.33. The van der Waals surface area contributed by atoms with E-state index in [4.69, 9.17) is 11.6 Å². The van der Waals surface area contributed by atoms with E-state index in [-0.39, 0.29) is 12.8 Å². The van der Waals surface area contributed by atoms with Crippen LogP contribution in [-0.2, 0) is 5.60 Å². The van der Waals surface area contributed by atoms with E-state index in [1.807, 2.05) is 0 Å². The van der Waals surface area contributed by atoms with Crippen LogP contribution in [0.2, 0.25) is 5.02 Å². The molecule has 1 heterocycles. The van der Waals surface area contributed by atoms with Crippen molar-refractivity contribution in [1.82, 2.24) is 0 Å². The summed E-state index contributed by atoms with van der Waals surface area (Å²) in [6, 6.07) is 1.65. The third-order valence-electron chi connectivity index (χ3n) is 2.45. The van der Waals surface area contributed by atoms with E-state index in [1.54, 1.807) is 11.4 Å². The van der Waals surface area contributed by atoms with Crippen molar-refractivity contribution in [3.8, 4) is 0 Å². The van der Waals surface area contributed by atoms with Crippen molar-refractivity contribution in [2.24, 2.45) is 0 Å². The first-order chi connectivity index (χ1) is 6.93. The van der Waals surface area contributed by atoms with Gasteiger partial charge in [-0.25, -0.2) is 8.78 Å². The van der Waals surface area contributed by atoms with Gasteiger partial charge in [0, 0.05) is 6.42 Å². The molecule has 2 rings (SSSR count). The number of alkyl halides is 2. The minimum atomic E-state index is -2.81. The van der Waals surface area contributed by atoms with Crippen LogP contribution in [0.4, 0.5) is 8.78 Å². The van der Waals surface area contributed by atoms with Gasteiger partial charge >= 0.3 is 0 Å². The van der Waals surface area contributed by atoms with Crippen molar-refractivity contribution in [2.45, 2.75) is 24.4 Å². The first-order valence-corrected chi connectivity index (χ1v) is 5.73. The molecule has 1 aromatic heterocycles. The fourth-order valence-electron chi connectivity index (χ4n) is 1.58. The molecule has 1 unspecified atom stereocenters. The molecule has 0 saturated carbocycles. The van der Waals surface area contributed by atoms with Crippen LogP contribution in [0.15, 0.2) is 23.6 Å². The standard InChI is InChI=1S/C10H9ClF2OS/c11-7-1-6-15-8(7)9(14)2-4-10(12,13)5-3-9/h1-2,4,6,14H,3,5H2. The molecule has 1 nitrogen and oxygen atoms in total. The van der Waals surface area contributed by atoms with Crippen molar-refractivity contribution in [2.75, 3.05) is 0 Å². The van der Waals surface area contributed by atoms with Crippen molar-refractivity contribution in [3.05, 3.63) is 33.5 Å². The molecule has 82 valence electrons. The molecular weight excluding hydrogens is 242 g/mol. The fraction of sp³-hybridized carbons (Fsp3) is 0.400. The van der Waals surface area contributed by atoms with Crippen LogP contribution in [0.5, 0.6) is 0 Å². The van der Waals surface area contributed by atoms with Gasteiger partial charge in [-0.15, -0.1) is 11.3 Å². The predicted octanol–water partition coefficient (Wildman–Crippen LogP) is 3.57. The number of hydrogen-bond acceptors (Lipinski definition) is 2. The molecule has 1 aliphatic rings. The molecule has 1 atom stereocenters. The van der Waals surface area contributed by atoms with Crippen LogP contribution in [0.1, 0.15) is 17.7 Å². The lowest BCUT2D eigenvalue weighted by atomic mass is 9.88. The maximum Gasteiger partial charge on any atom is 0.266 e. The SMILES string of the molecule is OC1(c2sccc2Cl)C=CC(F)(F)CC1. The Morgan fingerprint density at radius 1 is 1.33 bits per heavy atom. The van der Waals surface area contributed by atoms with Crippen LogP contribution < -0.4 is 0 Å². The molecule has 1 N–H and O–H groups in total. The molecule has 0 aromatic carbocycles. The first kappa shape index (κ1) is 11.0. The molecule has 0 radical (unpaired) electrons. The highest BCUT2D eigenvalue weighted by Crippen LogP contribution is 2.43. The van der Waals surface area contributed by atoms with E-state index >= 15 is 0 Å². The van der Waals surface area contributed by atoms with Crippen molar-refractivity contribution in [1.29, 1.82) is 0 Å². The summed E-state index contributed by atoms with van der Waals surface area (Å²) >= 11 is 7.14. The van der Waals surface area contributed by atoms with Gasteiger partial charge in [-0.05, 0) is 30.0 Å². The number of thiophene rings is 1. The average Bonchev–Trinajstić information content (AvgIpc) is 2.58. The zero-order valence-corrected chi connectivity index (χ0v) is 9.29. The van der Waals surface area contributed by atoms with Gasteiger partial charge in [0.25, 0.3) is 5.92 Å². The Bertz CT molecular complexity index is 402. The Balaban J connectivity index is 2.35. The van der Waals surface area contributed by atoms with Gasteiger partial charge in [-0.3, -0.25) is 0 Å². The number of allylic oxidation sites excluding steroid dienone is 1. The van der Waals surface area contributed by atoms with E-state index in [2.05, 4.69) is 0 Å². The highest BCUT2D eigenvalue weighted by Gasteiger charge is 2.40. The van der Waals surface area contributed by atoms with Crippen LogP contribution in [-0.4, -0.2) is 11.0 Å². The first-order valence-electron chi connectivity index (χ1n) is 4.47. The second kappa shape index (κ2) is 3.54. The van der Waals surface area contributed by atoms with E-state index < -0.39 is 11.5 Å². The molecule has 1 aromatic rings. The summed E-state index contributed by atoms with van der Waals surface area (Å²) in [4.78, 5) is 0.538. The molecule has 1 aliphatic carbocycles. The topological polar surface area (TPSA) is 20.2 Å².